The van der Waals surface area contributed by atoms with E-state index in [-0.39, 0.29) is 29.0 Å². The molecule has 5 rings (SSSR count). The van der Waals surface area contributed by atoms with Gasteiger partial charge in [-0.25, -0.2) is 0 Å². The van der Waals surface area contributed by atoms with Crippen molar-refractivity contribution in [2.24, 2.45) is 10.8 Å². The average molecular weight is 583 g/mol. The second-order valence-electron chi connectivity index (χ2n) is 12.7. The fraction of sp³-hybridized carbons (Fsp3) is 0.455. The molecule has 2 aromatic rings. The first-order valence-electron chi connectivity index (χ1n) is 13.9. The normalized spacial score (nSPS) is 20.4. The van der Waals surface area contributed by atoms with Crippen LogP contribution < -0.4 is 9.47 Å². The third-order valence-electron chi connectivity index (χ3n) is 8.24. The van der Waals surface area contributed by atoms with Gasteiger partial charge in [-0.3, -0.25) is 9.59 Å². The molecule has 2 aliphatic carbocycles. The molecule has 7 heteroatoms. The first-order valence-corrected chi connectivity index (χ1v) is 14.6. The Morgan fingerprint density at radius 3 is 1.95 bits per heavy atom. The SMILES string of the molecule is CCN1C2=C(C(=O)CC(C)(C)C2)C(c2ccc(OCc3ccc(Cl)c(Cl)c3)c(OC)c2)C2=C1CC(C)(C)CC2=O. The third-order valence-corrected chi connectivity index (χ3v) is 8.98. The van der Waals surface area contributed by atoms with Crippen LogP contribution in [0.4, 0.5) is 0 Å². The standard InChI is InChI=1S/C33H37Cl2NO4/c1-7-36-23-14-32(2,3)16-25(37)30(23)29(31-24(36)15-33(4,5)17-26(31)38)20-9-11-27(28(13-20)39-6)40-18-19-8-10-21(34)22(35)12-19/h8-13,29H,7,14-18H2,1-6H3. The summed E-state index contributed by atoms with van der Waals surface area (Å²) in [6.45, 7) is 11.7. The number of halogens is 2. The first kappa shape index (κ1) is 28.8. The zero-order chi connectivity index (χ0) is 29.0. The molecule has 1 heterocycles. The molecule has 0 fully saturated rings. The molecule has 0 saturated carbocycles. The molecule has 0 unspecified atom stereocenters. The van der Waals surface area contributed by atoms with Crippen molar-refractivity contribution in [1.82, 2.24) is 4.90 Å². The van der Waals surface area contributed by atoms with E-state index >= 15 is 0 Å². The lowest BCUT2D eigenvalue weighted by Gasteiger charge is -2.48. The van der Waals surface area contributed by atoms with Crippen LogP contribution in [0.3, 0.4) is 0 Å². The molecular formula is C33H37Cl2NO4. The minimum absolute atomic E-state index is 0.123. The molecule has 0 amide bonds. The number of ether oxygens (including phenoxy) is 2. The minimum atomic E-state index is -0.418. The Morgan fingerprint density at radius 2 is 1.43 bits per heavy atom. The lowest BCUT2D eigenvalue weighted by atomic mass is 9.63. The Balaban J connectivity index is 1.59. The molecule has 5 nitrogen and oxygen atoms in total. The van der Waals surface area contributed by atoms with E-state index in [1.54, 1.807) is 19.2 Å². The maximum absolute atomic E-state index is 13.8. The van der Waals surface area contributed by atoms with Crippen molar-refractivity contribution >= 4 is 34.8 Å². The van der Waals surface area contributed by atoms with Crippen molar-refractivity contribution in [2.45, 2.75) is 72.8 Å². The van der Waals surface area contributed by atoms with Crippen LogP contribution in [0.5, 0.6) is 11.5 Å². The van der Waals surface area contributed by atoms with Crippen molar-refractivity contribution < 1.29 is 19.1 Å². The summed E-state index contributed by atoms with van der Waals surface area (Å²) in [4.78, 5) is 29.9. The molecule has 3 aliphatic rings. The molecule has 212 valence electrons. The number of benzene rings is 2. The Hall–Kier alpha value is -2.76. The van der Waals surface area contributed by atoms with Crippen LogP contribution in [-0.2, 0) is 16.2 Å². The minimum Gasteiger partial charge on any atom is -0.493 e. The van der Waals surface area contributed by atoms with E-state index < -0.39 is 5.92 Å². The van der Waals surface area contributed by atoms with E-state index in [4.69, 9.17) is 32.7 Å². The van der Waals surface area contributed by atoms with Crippen molar-refractivity contribution in [3.8, 4) is 11.5 Å². The highest BCUT2D eigenvalue weighted by Crippen LogP contribution is 2.54. The number of carbonyl (C=O) groups is 2. The van der Waals surface area contributed by atoms with Crippen LogP contribution in [0.1, 0.15) is 77.3 Å². The lowest BCUT2D eigenvalue weighted by molar-refractivity contribution is -0.119. The number of nitrogens with zero attached hydrogens (tertiary/aromatic N) is 1. The predicted octanol–water partition coefficient (Wildman–Crippen LogP) is 8.29. The number of hydrogen-bond donors (Lipinski definition) is 0. The zero-order valence-electron chi connectivity index (χ0n) is 24.1. The number of methoxy groups -OCH3 is 1. The maximum Gasteiger partial charge on any atom is 0.162 e. The number of ketones is 2. The average Bonchev–Trinajstić information content (AvgIpc) is 2.86. The van der Waals surface area contributed by atoms with Crippen molar-refractivity contribution in [2.75, 3.05) is 13.7 Å². The van der Waals surface area contributed by atoms with Crippen LogP contribution in [0.2, 0.25) is 10.0 Å². The quantitative estimate of drug-likeness (QED) is 0.343. The number of Topliss-reactive ketones (excluding diaryl/α,β-unsaturated/α-hetero) is 2. The Labute approximate surface area is 247 Å². The maximum atomic E-state index is 13.8. The zero-order valence-corrected chi connectivity index (χ0v) is 25.6. The summed E-state index contributed by atoms with van der Waals surface area (Å²) in [5, 5.41) is 0.961. The third kappa shape index (κ3) is 5.31. The van der Waals surface area contributed by atoms with E-state index in [1.165, 1.54) is 0 Å². The van der Waals surface area contributed by atoms with Gasteiger partial charge < -0.3 is 14.4 Å². The lowest BCUT2D eigenvalue weighted by Crippen LogP contribution is -2.44. The predicted molar refractivity (Wildman–Crippen MR) is 159 cm³/mol. The highest BCUT2D eigenvalue weighted by atomic mass is 35.5. The van der Waals surface area contributed by atoms with Crippen LogP contribution in [-0.4, -0.2) is 30.1 Å². The molecule has 2 aromatic carbocycles. The highest BCUT2D eigenvalue weighted by molar-refractivity contribution is 6.42. The van der Waals surface area contributed by atoms with Gasteiger partial charge in [-0.05, 0) is 66.0 Å². The molecule has 40 heavy (non-hydrogen) atoms. The van der Waals surface area contributed by atoms with E-state index in [2.05, 4.69) is 39.5 Å². The Morgan fingerprint density at radius 1 is 0.825 bits per heavy atom. The van der Waals surface area contributed by atoms with Gasteiger partial charge >= 0.3 is 0 Å². The molecule has 0 atom stereocenters. The fourth-order valence-electron chi connectivity index (χ4n) is 6.54. The highest BCUT2D eigenvalue weighted by Gasteiger charge is 2.48. The van der Waals surface area contributed by atoms with E-state index in [1.807, 2.05) is 24.3 Å². The van der Waals surface area contributed by atoms with Crippen molar-refractivity contribution in [3.63, 3.8) is 0 Å². The topological polar surface area (TPSA) is 55.8 Å². The fourth-order valence-corrected chi connectivity index (χ4v) is 6.86. The molecule has 0 N–H and O–H groups in total. The van der Waals surface area contributed by atoms with Gasteiger partial charge in [-0.2, -0.15) is 0 Å². The van der Waals surface area contributed by atoms with Gasteiger partial charge in [0.2, 0.25) is 0 Å². The number of hydrogen-bond acceptors (Lipinski definition) is 5. The second kappa shape index (κ2) is 10.6. The van der Waals surface area contributed by atoms with Gasteiger partial charge in [0, 0.05) is 47.8 Å². The van der Waals surface area contributed by atoms with E-state index in [0.29, 0.717) is 34.4 Å². The molecule has 0 bridgehead atoms. The molecule has 0 spiro atoms. The summed E-state index contributed by atoms with van der Waals surface area (Å²) in [6.07, 6.45) is 2.52. The summed E-state index contributed by atoms with van der Waals surface area (Å²) >= 11 is 12.2. The van der Waals surface area contributed by atoms with Gasteiger partial charge in [-0.15, -0.1) is 0 Å². The summed E-state index contributed by atoms with van der Waals surface area (Å²) in [5.41, 5.74) is 5.13. The van der Waals surface area contributed by atoms with Gasteiger partial charge in [0.05, 0.1) is 17.2 Å². The van der Waals surface area contributed by atoms with Crippen molar-refractivity contribution in [3.05, 3.63) is 80.1 Å². The van der Waals surface area contributed by atoms with Gasteiger partial charge in [0.1, 0.15) is 6.61 Å². The number of carbonyl (C=O) groups excluding carboxylic acids is 2. The summed E-state index contributed by atoms with van der Waals surface area (Å²) in [7, 11) is 1.60. The Kier molecular flexibility index (Phi) is 7.60. The van der Waals surface area contributed by atoms with Crippen LogP contribution >= 0.6 is 23.2 Å². The number of allylic oxidation sites excluding steroid dienone is 4. The Bertz CT molecular complexity index is 1400. The van der Waals surface area contributed by atoms with Gasteiger partial charge in [0.15, 0.2) is 23.1 Å². The van der Waals surface area contributed by atoms with Crippen LogP contribution in [0.15, 0.2) is 58.9 Å². The number of rotatable bonds is 6. The summed E-state index contributed by atoms with van der Waals surface area (Å²) in [5.74, 6) is 0.944. The smallest absolute Gasteiger partial charge is 0.162 e. The summed E-state index contributed by atoms with van der Waals surface area (Å²) < 4.78 is 11.9. The molecule has 1 aliphatic heterocycles. The van der Waals surface area contributed by atoms with Crippen molar-refractivity contribution in [1.29, 1.82) is 0 Å². The van der Waals surface area contributed by atoms with Crippen LogP contribution in [0.25, 0.3) is 0 Å². The van der Waals surface area contributed by atoms with E-state index in [0.717, 1.165) is 53.1 Å². The van der Waals surface area contributed by atoms with Crippen LogP contribution in [0, 0.1) is 10.8 Å². The monoisotopic (exact) mass is 581 g/mol. The second-order valence-corrected chi connectivity index (χ2v) is 13.5. The van der Waals surface area contributed by atoms with Gasteiger partial charge in [0.25, 0.3) is 0 Å². The van der Waals surface area contributed by atoms with Gasteiger partial charge in [-0.1, -0.05) is 63.0 Å². The molecule has 0 aromatic heterocycles. The molecule has 0 saturated heterocycles. The summed E-state index contributed by atoms with van der Waals surface area (Å²) in [6, 6.07) is 11.1. The first-order chi connectivity index (χ1) is 18.8. The largest absolute Gasteiger partial charge is 0.493 e. The molecular weight excluding hydrogens is 545 g/mol. The van der Waals surface area contributed by atoms with E-state index in [9.17, 15) is 9.59 Å². The molecule has 0 radical (unpaired) electrons.